The molecule has 3 rings (SSSR count). The van der Waals surface area contributed by atoms with Gasteiger partial charge in [0.25, 0.3) is 0 Å². The molecule has 0 spiro atoms. The van der Waals surface area contributed by atoms with Crippen LogP contribution in [0.25, 0.3) is 0 Å². The Morgan fingerprint density at radius 2 is 1.90 bits per heavy atom. The van der Waals surface area contributed by atoms with E-state index in [0.717, 1.165) is 36.3 Å². The molecule has 0 unspecified atom stereocenters. The molecular formula is C14H19NO4S. The van der Waals surface area contributed by atoms with Crippen LogP contribution in [0.15, 0.2) is 18.2 Å². The van der Waals surface area contributed by atoms with Gasteiger partial charge in [-0.15, -0.1) is 0 Å². The van der Waals surface area contributed by atoms with Gasteiger partial charge in [-0.1, -0.05) is 6.07 Å². The van der Waals surface area contributed by atoms with Crippen LogP contribution in [0.3, 0.4) is 0 Å². The fraction of sp³-hybridized carbons (Fsp3) is 0.571. The van der Waals surface area contributed by atoms with Crippen LogP contribution in [-0.2, 0) is 10.0 Å². The molecule has 1 saturated heterocycles. The summed E-state index contributed by atoms with van der Waals surface area (Å²) in [6.07, 6.45) is 3.89. The molecule has 6 heteroatoms. The highest BCUT2D eigenvalue weighted by molar-refractivity contribution is 7.88. The zero-order chi connectivity index (χ0) is 14.2. The molecular weight excluding hydrogens is 278 g/mol. The summed E-state index contributed by atoms with van der Waals surface area (Å²) in [5.41, 5.74) is 0.983. The van der Waals surface area contributed by atoms with Crippen molar-refractivity contribution < 1.29 is 17.9 Å². The third-order valence-electron chi connectivity index (χ3n) is 3.79. The molecule has 0 saturated carbocycles. The number of nitrogens with zero attached hydrogens (tertiary/aromatic N) is 1. The summed E-state index contributed by atoms with van der Waals surface area (Å²) >= 11 is 0. The van der Waals surface area contributed by atoms with E-state index >= 15 is 0 Å². The van der Waals surface area contributed by atoms with Crippen molar-refractivity contribution in [2.24, 2.45) is 0 Å². The minimum absolute atomic E-state index is 0.0813. The highest BCUT2D eigenvalue weighted by Crippen LogP contribution is 2.38. The fourth-order valence-corrected chi connectivity index (χ4v) is 4.01. The molecule has 0 aromatic heterocycles. The van der Waals surface area contributed by atoms with Crippen molar-refractivity contribution >= 4 is 10.0 Å². The van der Waals surface area contributed by atoms with Crippen LogP contribution in [-0.4, -0.2) is 38.7 Å². The summed E-state index contributed by atoms with van der Waals surface area (Å²) in [5.74, 6) is 1.47. The molecule has 0 N–H and O–H groups in total. The maximum Gasteiger partial charge on any atom is 0.211 e. The number of hydrogen-bond donors (Lipinski definition) is 0. The lowest BCUT2D eigenvalue weighted by atomic mass is 10.0. The van der Waals surface area contributed by atoms with Crippen LogP contribution in [0.4, 0.5) is 0 Å². The van der Waals surface area contributed by atoms with E-state index in [1.807, 2.05) is 18.2 Å². The zero-order valence-electron chi connectivity index (χ0n) is 11.5. The molecule has 0 radical (unpaired) electrons. The molecule has 0 amide bonds. The van der Waals surface area contributed by atoms with E-state index in [1.165, 1.54) is 6.26 Å². The van der Waals surface area contributed by atoms with Gasteiger partial charge in [-0.2, -0.15) is 4.31 Å². The first-order chi connectivity index (χ1) is 9.55. The Balaban J connectivity index is 1.92. The first kappa shape index (κ1) is 13.7. The summed E-state index contributed by atoms with van der Waals surface area (Å²) in [6, 6.07) is 5.67. The topological polar surface area (TPSA) is 55.8 Å². The molecule has 20 heavy (non-hydrogen) atoms. The maximum atomic E-state index is 11.8. The Morgan fingerprint density at radius 3 is 2.65 bits per heavy atom. The van der Waals surface area contributed by atoms with Crippen LogP contribution in [0, 0.1) is 0 Å². The quantitative estimate of drug-likeness (QED) is 0.837. The van der Waals surface area contributed by atoms with Gasteiger partial charge in [-0.3, -0.25) is 0 Å². The summed E-state index contributed by atoms with van der Waals surface area (Å²) in [7, 11) is -3.17. The Labute approximate surface area is 119 Å². The minimum atomic E-state index is -3.17. The Kier molecular flexibility index (Phi) is 3.60. The van der Waals surface area contributed by atoms with Crippen molar-refractivity contribution in [3.8, 4) is 11.5 Å². The zero-order valence-corrected chi connectivity index (χ0v) is 12.4. The molecule has 1 atom stereocenters. The average molecular weight is 297 g/mol. The lowest BCUT2D eigenvalue weighted by Gasteiger charge is -2.23. The van der Waals surface area contributed by atoms with Crippen molar-refractivity contribution in [2.45, 2.75) is 25.3 Å². The van der Waals surface area contributed by atoms with E-state index in [1.54, 1.807) is 4.31 Å². The molecule has 1 fully saturated rings. The van der Waals surface area contributed by atoms with Crippen LogP contribution < -0.4 is 9.47 Å². The number of benzene rings is 1. The second-order valence-electron chi connectivity index (χ2n) is 5.29. The van der Waals surface area contributed by atoms with E-state index in [4.69, 9.17) is 9.47 Å². The lowest BCUT2D eigenvalue weighted by molar-refractivity contribution is 0.296. The molecule has 5 nitrogen and oxygen atoms in total. The van der Waals surface area contributed by atoms with E-state index in [9.17, 15) is 8.42 Å². The van der Waals surface area contributed by atoms with E-state index < -0.39 is 10.0 Å². The summed E-state index contributed by atoms with van der Waals surface area (Å²) in [6.45, 7) is 1.89. The number of rotatable bonds is 2. The van der Waals surface area contributed by atoms with Crippen LogP contribution >= 0.6 is 0 Å². The fourth-order valence-electron chi connectivity index (χ4n) is 2.86. The molecule has 0 bridgehead atoms. The van der Waals surface area contributed by atoms with Gasteiger partial charge in [0.15, 0.2) is 11.5 Å². The van der Waals surface area contributed by atoms with E-state index in [2.05, 4.69) is 0 Å². The molecule has 1 aromatic rings. The predicted octanol–water partition coefficient (Wildman–Crippen LogP) is 1.94. The summed E-state index contributed by atoms with van der Waals surface area (Å²) in [4.78, 5) is 0. The summed E-state index contributed by atoms with van der Waals surface area (Å²) in [5, 5.41) is 0. The van der Waals surface area contributed by atoms with E-state index in [-0.39, 0.29) is 6.04 Å². The van der Waals surface area contributed by atoms with Gasteiger partial charge < -0.3 is 9.47 Å². The van der Waals surface area contributed by atoms with Crippen molar-refractivity contribution in [1.82, 2.24) is 4.31 Å². The Morgan fingerprint density at radius 1 is 1.15 bits per heavy atom. The van der Waals surface area contributed by atoms with Gasteiger partial charge in [-0.05, 0) is 30.5 Å². The van der Waals surface area contributed by atoms with Gasteiger partial charge >= 0.3 is 0 Å². The average Bonchev–Trinajstić information content (AvgIpc) is 2.78. The Hall–Kier alpha value is -1.27. The maximum absolute atomic E-state index is 11.8. The molecule has 0 aliphatic carbocycles. The molecule has 2 aliphatic rings. The van der Waals surface area contributed by atoms with E-state index in [0.29, 0.717) is 19.8 Å². The Bertz CT molecular complexity index is 599. The van der Waals surface area contributed by atoms with Crippen molar-refractivity contribution in [3.05, 3.63) is 23.8 Å². The molecule has 1 aromatic carbocycles. The lowest BCUT2D eigenvalue weighted by Crippen LogP contribution is -2.29. The second-order valence-corrected chi connectivity index (χ2v) is 7.22. The first-order valence-corrected chi connectivity index (χ1v) is 8.77. The van der Waals surface area contributed by atoms with Crippen LogP contribution in [0.1, 0.15) is 30.9 Å². The number of fused-ring (bicyclic) bond motifs is 1. The monoisotopic (exact) mass is 297 g/mol. The molecule has 2 aliphatic heterocycles. The third-order valence-corrected chi connectivity index (χ3v) is 5.08. The highest BCUT2D eigenvalue weighted by Gasteiger charge is 2.33. The minimum Gasteiger partial charge on any atom is -0.490 e. The van der Waals surface area contributed by atoms with Gasteiger partial charge in [-0.25, -0.2) is 8.42 Å². The van der Waals surface area contributed by atoms with Crippen molar-refractivity contribution in [1.29, 1.82) is 0 Å². The predicted molar refractivity (Wildman–Crippen MR) is 75.6 cm³/mol. The summed E-state index contributed by atoms with van der Waals surface area (Å²) < 4.78 is 36.5. The standard InChI is InChI=1S/C14H19NO4S/c1-20(16,17)15-7-2-4-12(15)11-5-6-13-14(10-11)19-9-3-8-18-13/h5-6,10,12H,2-4,7-9H2,1H3/t12-/m0/s1. The SMILES string of the molecule is CS(=O)(=O)N1CCC[C@H]1c1ccc2c(c1)OCCCO2. The van der Waals surface area contributed by atoms with Crippen molar-refractivity contribution in [3.63, 3.8) is 0 Å². The van der Waals surface area contributed by atoms with Crippen molar-refractivity contribution in [2.75, 3.05) is 26.0 Å². The highest BCUT2D eigenvalue weighted by atomic mass is 32.2. The largest absolute Gasteiger partial charge is 0.490 e. The normalized spacial score (nSPS) is 23.6. The van der Waals surface area contributed by atoms with Gasteiger partial charge in [0.05, 0.1) is 19.5 Å². The van der Waals surface area contributed by atoms with Gasteiger partial charge in [0.1, 0.15) is 0 Å². The third kappa shape index (κ3) is 2.62. The second kappa shape index (κ2) is 5.26. The molecule has 2 heterocycles. The molecule has 110 valence electrons. The smallest absolute Gasteiger partial charge is 0.211 e. The van der Waals surface area contributed by atoms with Crippen LogP contribution in [0.5, 0.6) is 11.5 Å². The first-order valence-electron chi connectivity index (χ1n) is 6.92. The number of hydrogen-bond acceptors (Lipinski definition) is 4. The van der Waals surface area contributed by atoms with Crippen LogP contribution in [0.2, 0.25) is 0 Å². The van der Waals surface area contributed by atoms with Gasteiger partial charge in [0.2, 0.25) is 10.0 Å². The van der Waals surface area contributed by atoms with Gasteiger partial charge in [0, 0.05) is 19.0 Å². The number of sulfonamides is 1. The number of ether oxygens (including phenoxy) is 2.